The fourth-order valence-electron chi connectivity index (χ4n) is 1.13. The highest BCUT2D eigenvalue weighted by Crippen LogP contribution is 2.22. The zero-order chi connectivity index (χ0) is 10.1. The fourth-order valence-corrected chi connectivity index (χ4v) is 1.41. The molecule has 0 amide bonds. The molecule has 0 radical (unpaired) electrons. The van der Waals surface area contributed by atoms with Crippen LogP contribution < -0.4 is 5.73 Å². The van der Waals surface area contributed by atoms with E-state index < -0.39 is 0 Å². The molecule has 14 heavy (non-hydrogen) atoms. The van der Waals surface area contributed by atoms with Gasteiger partial charge in [0, 0.05) is 18.8 Å². The zero-order valence-corrected chi connectivity index (χ0v) is 9.06. The first kappa shape index (κ1) is 9.14. The molecular weight excluding hydrogens is 246 g/mol. The second kappa shape index (κ2) is 3.38. The highest BCUT2D eigenvalue weighted by atomic mass is 79.9. The maximum absolute atomic E-state index is 5.70. The Hall–Kier alpha value is -1.43. The van der Waals surface area contributed by atoms with Crippen molar-refractivity contribution in [1.29, 1.82) is 0 Å². The van der Waals surface area contributed by atoms with Crippen molar-refractivity contribution in [2.45, 2.75) is 0 Å². The third kappa shape index (κ3) is 1.60. The maximum atomic E-state index is 5.70. The summed E-state index contributed by atoms with van der Waals surface area (Å²) >= 11 is 3.24. The molecule has 72 valence electrons. The quantitative estimate of drug-likeness (QED) is 0.830. The van der Waals surface area contributed by atoms with Crippen molar-refractivity contribution < 1.29 is 0 Å². The Bertz CT molecular complexity index is 465. The smallest absolute Gasteiger partial charge is 0.150 e. The summed E-state index contributed by atoms with van der Waals surface area (Å²) < 4.78 is 2.35. The van der Waals surface area contributed by atoms with Crippen LogP contribution in [0.15, 0.2) is 23.2 Å². The van der Waals surface area contributed by atoms with Crippen LogP contribution in [0.5, 0.6) is 0 Å². The van der Waals surface area contributed by atoms with E-state index in [4.69, 9.17) is 5.73 Å². The van der Waals surface area contributed by atoms with E-state index in [1.807, 2.05) is 13.2 Å². The molecular formula is C8H8BrN5. The fraction of sp³-hybridized carbons (Fsp3) is 0.125. The van der Waals surface area contributed by atoms with Crippen LogP contribution in [0.4, 0.5) is 5.82 Å². The van der Waals surface area contributed by atoms with Crippen molar-refractivity contribution in [3.63, 3.8) is 0 Å². The van der Waals surface area contributed by atoms with Crippen LogP contribution in [0.25, 0.3) is 11.3 Å². The van der Waals surface area contributed by atoms with Crippen LogP contribution in [0.3, 0.4) is 0 Å². The van der Waals surface area contributed by atoms with E-state index in [1.54, 1.807) is 17.1 Å². The Labute approximate surface area is 89.1 Å². The average Bonchev–Trinajstić information content (AvgIpc) is 2.56. The summed E-state index contributed by atoms with van der Waals surface area (Å²) in [6.45, 7) is 0. The second-order valence-electron chi connectivity index (χ2n) is 2.83. The normalized spacial score (nSPS) is 10.4. The van der Waals surface area contributed by atoms with Crippen LogP contribution in [-0.2, 0) is 7.05 Å². The molecule has 2 aromatic heterocycles. The van der Waals surface area contributed by atoms with Gasteiger partial charge < -0.3 is 5.73 Å². The van der Waals surface area contributed by atoms with Crippen molar-refractivity contribution in [2.24, 2.45) is 7.05 Å². The lowest BCUT2D eigenvalue weighted by atomic mass is 10.2. The van der Waals surface area contributed by atoms with Gasteiger partial charge in [0.2, 0.25) is 0 Å². The number of nitrogen functional groups attached to an aromatic ring is 1. The van der Waals surface area contributed by atoms with E-state index in [2.05, 4.69) is 31.0 Å². The molecule has 0 aliphatic heterocycles. The van der Waals surface area contributed by atoms with Gasteiger partial charge in [-0.05, 0) is 15.9 Å². The Morgan fingerprint density at radius 1 is 1.43 bits per heavy atom. The van der Waals surface area contributed by atoms with E-state index >= 15 is 0 Å². The van der Waals surface area contributed by atoms with Gasteiger partial charge in [0.25, 0.3) is 0 Å². The van der Waals surface area contributed by atoms with Crippen LogP contribution >= 0.6 is 15.9 Å². The monoisotopic (exact) mass is 253 g/mol. The lowest BCUT2D eigenvalue weighted by molar-refractivity contribution is 0.768. The molecule has 5 nitrogen and oxygen atoms in total. The minimum atomic E-state index is 0.404. The van der Waals surface area contributed by atoms with Crippen molar-refractivity contribution in [3.8, 4) is 11.3 Å². The minimum Gasteiger partial charge on any atom is -0.382 e. The summed E-state index contributed by atoms with van der Waals surface area (Å²) in [4.78, 5) is 8.23. The number of rotatable bonds is 1. The van der Waals surface area contributed by atoms with Crippen molar-refractivity contribution in [2.75, 3.05) is 5.73 Å². The van der Waals surface area contributed by atoms with Crippen LogP contribution in [0.2, 0.25) is 0 Å². The van der Waals surface area contributed by atoms with E-state index in [9.17, 15) is 0 Å². The summed E-state index contributed by atoms with van der Waals surface area (Å²) in [7, 11) is 1.84. The largest absolute Gasteiger partial charge is 0.382 e. The number of aryl methyl sites for hydroxylation is 1. The Balaban J connectivity index is 2.55. The van der Waals surface area contributed by atoms with Gasteiger partial charge >= 0.3 is 0 Å². The van der Waals surface area contributed by atoms with Crippen molar-refractivity contribution in [1.82, 2.24) is 19.7 Å². The molecule has 0 spiro atoms. The van der Waals surface area contributed by atoms with E-state index in [-0.39, 0.29) is 0 Å². The number of aromatic nitrogens is 4. The molecule has 0 aliphatic rings. The van der Waals surface area contributed by atoms with Crippen molar-refractivity contribution >= 4 is 21.7 Å². The molecule has 2 rings (SSSR count). The molecule has 2 aromatic rings. The number of nitrogens with two attached hydrogens (primary N) is 1. The van der Waals surface area contributed by atoms with Gasteiger partial charge in [0.05, 0.1) is 12.4 Å². The van der Waals surface area contributed by atoms with Gasteiger partial charge in [-0.1, -0.05) is 0 Å². The van der Waals surface area contributed by atoms with Crippen molar-refractivity contribution in [3.05, 3.63) is 23.2 Å². The molecule has 0 atom stereocenters. The van der Waals surface area contributed by atoms with E-state index in [0.717, 1.165) is 5.56 Å². The Kier molecular flexibility index (Phi) is 2.20. The summed E-state index contributed by atoms with van der Waals surface area (Å²) in [5, 5.41) is 4.04. The highest BCUT2D eigenvalue weighted by Gasteiger charge is 2.07. The number of anilines is 1. The number of hydrogen-bond acceptors (Lipinski definition) is 4. The molecule has 6 heteroatoms. The SMILES string of the molecule is Cn1cc(-c2nc(Br)cnc2N)cn1. The maximum Gasteiger partial charge on any atom is 0.150 e. The lowest BCUT2D eigenvalue weighted by Gasteiger charge is -2.00. The third-order valence-electron chi connectivity index (χ3n) is 1.75. The lowest BCUT2D eigenvalue weighted by Crippen LogP contribution is -1.96. The molecule has 0 bridgehead atoms. The number of halogens is 1. The first-order valence-corrected chi connectivity index (χ1v) is 4.73. The molecule has 0 aliphatic carbocycles. The average molecular weight is 254 g/mol. The van der Waals surface area contributed by atoms with Gasteiger partial charge in [0.1, 0.15) is 16.1 Å². The van der Waals surface area contributed by atoms with Crippen LogP contribution in [0.1, 0.15) is 0 Å². The number of hydrogen-bond donors (Lipinski definition) is 1. The van der Waals surface area contributed by atoms with Gasteiger partial charge in [-0.25, -0.2) is 9.97 Å². The standard InChI is InChI=1S/C8H8BrN5/c1-14-4-5(2-12-14)7-8(10)11-3-6(9)13-7/h2-4H,1H3,(H2,10,11). The molecule has 0 aromatic carbocycles. The molecule has 2 N–H and O–H groups in total. The molecule has 0 saturated heterocycles. The van der Waals surface area contributed by atoms with Gasteiger partial charge in [-0.3, -0.25) is 4.68 Å². The predicted molar refractivity (Wildman–Crippen MR) is 56.3 cm³/mol. The van der Waals surface area contributed by atoms with Crippen LogP contribution in [-0.4, -0.2) is 19.7 Å². The molecule has 0 saturated carbocycles. The Morgan fingerprint density at radius 2 is 2.21 bits per heavy atom. The first-order valence-electron chi connectivity index (χ1n) is 3.94. The van der Waals surface area contributed by atoms with Gasteiger partial charge in [-0.15, -0.1) is 0 Å². The molecule has 0 fully saturated rings. The minimum absolute atomic E-state index is 0.404. The second-order valence-corrected chi connectivity index (χ2v) is 3.64. The Morgan fingerprint density at radius 3 is 2.86 bits per heavy atom. The zero-order valence-electron chi connectivity index (χ0n) is 7.48. The van der Waals surface area contributed by atoms with Gasteiger partial charge in [0.15, 0.2) is 0 Å². The number of nitrogens with zero attached hydrogens (tertiary/aromatic N) is 4. The summed E-state index contributed by atoms with van der Waals surface area (Å²) in [6.07, 6.45) is 5.11. The van der Waals surface area contributed by atoms with Gasteiger partial charge in [-0.2, -0.15) is 5.10 Å². The topological polar surface area (TPSA) is 69.6 Å². The molecule has 2 heterocycles. The first-order chi connectivity index (χ1) is 6.66. The highest BCUT2D eigenvalue weighted by molar-refractivity contribution is 9.10. The molecule has 0 unspecified atom stereocenters. The summed E-state index contributed by atoms with van der Waals surface area (Å²) in [5.41, 5.74) is 7.21. The predicted octanol–water partition coefficient (Wildman–Crippen LogP) is 1.22. The summed E-state index contributed by atoms with van der Waals surface area (Å²) in [6, 6.07) is 0. The summed E-state index contributed by atoms with van der Waals surface area (Å²) in [5.74, 6) is 0.404. The van der Waals surface area contributed by atoms with E-state index in [1.165, 1.54) is 0 Å². The van der Waals surface area contributed by atoms with E-state index in [0.29, 0.717) is 16.1 Å². The third-order valence-corrected chi connectivity index (χ3v) is 2.13. The van der Waals surface area contributed by atoms with Crippen LogP contribution in [0, 0.1) is 0 Å².